The number of aliphatic hydroxyl groups is 1. The molecular weight excluding hydrogens is 362 g/mol. The van der Waals surface area contributed by atoms with Crippen LogP contribution in [-0.4, -0.2) is 29.4 Å². The van der Waals surface area contributed by atoms with Gasteiger partial charge in [-0.25, -0.2) is 0 Å². The van der Waals surface area contributed by atoms with Gasteiger partial charge < -0.3 is 10.4 Å². The fourth-order valence-electron chi connectivity index (χ4n) is 3.46. The van der Waals surface area contributed by atoms with E-state index in [2.05, 4.69) is 29.6 Å². The summed E-state index contributed by atoms with van der Waals surface area (Å²) in [6.45, 7) is 2.59. The van der Waals surface area contributed by atoms with Crippen LogP contribution in [-0.2, 0) is 16.0 Å². The number of aryl methyl sites for hydroxylation is 1. The van der Waals surface area contributed by atoms with E-state index in [1.165, 1.54) is 5.56 Å². The summed E-state index contributed by atoms with van der Waals surface area (Å²) in [6, 6.07) is 10.1. The second kappa shape index (κ2) is 12.9. The third-order valence-corrected chi connectivity index (χ3v) is 5.13. The molecule has 2 rings (SSSR count). The minimum atomic E-state index is -0.547. The summed E-state index contributed by atoms with van der Waals surface area (Å²) in [4.78, 5) is 23.6. The molecule has 2 N–H and O–H groups in total. The second-order valence-corrected chi connectivity index (χ2v) is 7.48. The van der Waals surface area contributed by atoms with Gasteiger partial charge in [-0.2, -0.15) is 0 Å². The van der Waals surface area contributed by atoms with Gasteiger partial charge >= 0.3 is 0 Å². The standard InChI is InChI=1S/C25H33NO3/c1-2-26-25(29)13-9-4-3-8-12-21-15-19-24(28)23(21)18-17-22(27)16-14-20-10-6-5-7-11-20/h3,5-8,10-11,15,17-19,21-23,27H,2,4,9,12-14,16H2,1H3,(H,26,29)/b8-3-,18-17+/t21-,22-,23+/m0/s1. The highest BCUT2D eigenvalue weighted by Crippen LogP contribution is 2.27. The van der Waals surface area contributed by atoms with E-state index in [1.807, 2.05) is 37.3 Å². The predicted octanol–water partition coefficient (Wildman–Crippen LogP) is 4.16. The summed E-state index contributed by atoms with van der Waals surface area (Å²) in [6.07, 6.45) is 15.4. The Balaban J connectivity index is 1.72. The van der Waals surface area contributed by atoms with Crippen LogP contribution in [0, 0.1) is 11.8 Å². The second-order valence-electron chi connectivity index (χ2n) is 7.48. The van der Waals surface area contributed by atoms with Crippen LogP contribution in [0.2, 0.25) is 0 Å². The van der Waals surface area contributed by atoms with Gasteiger partial charge in [0.05, 0.1) is 6.10 Å². The third kappa shape index (κ3) is 8.61. The van der Waals surface area contributed by atoms with Crippen molar-refractivity contribution in [3.8, 4) is 0 Å². The Hall–Kier alpha value is -2.46. The topological polar surface area (TPSA) is 66.4 Å². The van der Waals surface area contributed by atoms with Crippen molar-refractivity contribution < 1.29 is 14.7 Å². The van der Waals surface area contributed by atoms with Gasteiger partial charge in [-0.1, -0.05) is 60.7 Å². The molecule has 0 unspecified atom stereocenters. The number of unbranched alkanes of at least 4 members (excludes halogenated alkanes) is 1. The minimum Gasteiger partial charge on any atom is -0.389 e. The summed E-state index contributed by atoms with van der Waals surface area (Å²) in [5.74, 6) is 0.147. The zero-order chi connectivity index (χ0) is 20.9. The molecular formula is C25H33NO3. The average molecular weight is 396 g/mol. The van der Waals surface area contributed by atoms with Crippen molar-refractivity contribution in [2.45, 2.75) is 51.6 Å². The van der Waals surface area contributed by atoms with E-state index in [9.17, 15) is 14.7 Å². The molecule has 1 aromatic rings. The van der Waals surface area contributed by atoms with Gasteiger partial charge in [-0.05, 0) is 56.6 Å². The van der Waals surface area contributed by atoms with Crippen molar-refractivity contribution in [3.05, 3.63) is 72.4 Å². The number of nitrogens with one attached hydrogen (secondary N) is 1. The molecule has 1 amide bonds. The Kier molecular flexibility index (Phi) is 10.1. The normalized spacial score (nSPS) is 20.0. The summed E-state index contributed by atoms with van der Waals surface area (Å²) in [7, 11) is 0. The van der Waals surface area contributed by atoms with Crippen molar-refractivity contribution in [2.24, 2.45) is 11.8 Å². The highest BCUT2D eigenvalue weighted by Gasteiger charge is 2.26. The molecule has 0 aromatic heterocycles. The van der Waals surface area contributed by atoms with Gasteiger partial charge in [-0.3, -0.25) is 9.59 Å². The third-order valence-electron chi connectivity index (χ3n) is 5.13. The highest BCUT2D eigenvalue weighted by atomic mass is 16.3. The highest BCUT2D eigenvalue weighted by molar-refractivity contribution is 5.95. The van der Waals surface area contributed by atoms with Crippen LogP contribution in [0.25, 0.3) is 0 Å². The van der Waals surface area contributed by atoms with Crippen LogP contribution in [0.15, 0.2) is 66.8 Å². The molecule has 0 radical (unpaired) electrons. The van der Waals surface area contributed by atoms with E-state index in [4.69, 9.17) is 0 Å². The maximum absolute atomic E-state index is 12.2. The van der Waals surface area contributed by atoms with Gasteiger partial charge in [0, 0.05) is 18.9 Å². The molecule has 0 saturated carbocycles. The zero-order valence-electron chi connectivity index (χ0n) is 17.3. The van der Waals surface area contributed by atoms with Crippen LogP contribution in [0.5, 0.6) is 0 Å². The van der Waals surface area contributed by atoms with Crippen LogP contribution in [0.4, 0.5) is 0 Å². The number of carbonyl (C=O) groups is 2. The lowest BCUT2D eigenvalue weighted by atomic mass is 9.90. The maximum Gasteiger partial charge on any atom is 0.219 e. The van der Waals surface area contributed by atoms with Crippen molar-refractivity contribution in [2.75, 3.05) is 6.54 Å². The smallest absolute Gasteiger partial charge is 0.219 e. The Morgan fingerprint density at radius 3 is 2.79 bits per heavy atom. The number of benzene rings is 1. The molecule has 4 heteroatoms. The van der Waals surface area contributed by atoms with Crippen molar-refractivity contribution >= 4 is 11.7 Å². The maximum atomic E-state index is 12.2. The Labute approximate surface area is 174 Å². The molecule has 1 aliphatic carbocycles. The van der Waals surface area contributed by atoms with E-state index < -0.39 is 6.10 Å². The molecule has 0 aliphatic heterocycles. The van der Waals surface area contributed by atoms with Crippen molar-refractivity contribution in [3.63, 3.8) is 0 Å². The van der Waals surface area contributed by atoms with E-state index in [1.54, 1.807) is 12.2 Å². The van der Waals surface area contributed by atoms with Crippen molar-refractivity contribution in [1.82, 2.24) is 5.32 Å². The number of hydrogen-bond donors (Lipinski definition) is 2. The average Bonchev–Trinajstić information content (AvgIpc) is 3.08. The monoisotopic (exact) mass is 395 g/mol. The Morgan fingerprint density at radius 2 is 2.03 bits per heavy atom. The molecule has 1 aromatic carbocycles. The van der Waals surface area contributed by atoms with Gasteiger partial charge in [0.25, 0.3) is 0 Å². The molecule has 0 spiro atoms. The van der Waals surface area contributed by atoms with Crippen molar-refractivity contribution in [1.29, 1.82) is 0 Å². The van der Waals surface area contributed by atoms with E-state index >= 15 is 0 Å². The van der Waals surface area contributed by atoms with Crippen LogP contribution >= 0.6 is 0 Å². The lowest BCUT2D eigenvalue weighted by Crippen LogP contribution is -2.21. The number of rotatable bonds is 12. The molecule has 3 atom stereocenters. The predicted molar refractivity (Wildman–Crippen MR) is 117 cm³/mol. The number of amides is 1. The van der Waals surface area contributed by atoms with E-state index in [0.29, 0.717) is 19.4 Å². The first-order valence-electron chi connectivity index (χ1n) is 10.6. The van der Waals surface area contributed by atoms with E-state index in [0.717, 1.165) is 25.7 Å². The van der Waals surface area contributed by atoms with Gasteiger partial charge in [0.2, 0.25) is 5.91 Å². The molecule has 156 valence electrons. The molecule has 4 nitrogen and oxygen atoms in total. The summed E-state index contributed by atoms with van der Waals surface area (Å²) in [5, 5.41) is 13.0. The SMILES string of the molecule is CCNC(=O)CCC/C=C\C[C@H]1C=CC(=O)[C@@H]1/C=C/[C@@H](O)CCc1ccccc1. The van der Waals surface area contributed by atoms with Gasteiger partial charge in [0.15, 0.2) is 5.78 Å². The first kappa shape index (κ1) is 22.8. The molecule has 0 heterocycles. The fraction of sp³-hybridized carbons (Fsp3) is 0.440. The van der Waals surface area contributed by atoms with Crippen LogP contribution in [0.1, 0.15) is 44.6 Å². The number of allylic oxidation sites excluding steroid dienone is 5. The van der Waals surface area contributed by atoms with Gasteiger partial charge in [-0.15, -0.1) is 0 Å². The quantitative estimate of drug-likeness (QED) is 0.412. The summed E-state index contributed by atoms with van der Waals surface area (Å²) in [5.41, 5.74) is 1.20. The largest absolute Gasteiger partial charge is 0.389 e. The number of carbonyl (C=O) groups excluding carboxylic acids is 2. The lowest BCUT2D eigenvalue weighted by Gasteiger charge is -2.13. The minimum absolute atomic E-state index is 0.0984. The molecule has 0 bridgehead atoms. The van der Waals surface area contributed by atoms with Crippen LogP contribution < -0.4 is 5.32 Å². The number of hydrogen-bond acceptors (Lipinski definition) is 3. The molecule has 1 aliphatic rings. The lowest BCUT2D eigenvalue weighted by molar-refractivity contribution is -0.121. The fourth-order valence-corrected chi connectivity index (χ4v) is 3.46. The zero-order valence-corrected chi connectivity index (χ0v) is 17.3. The summed E-state index contributed by atoms with van der Waals surface area (Å²) >= 11 is 0. The van der Waals surface area contributed by atoms with Crippen LogP contribution in [0.3, 0.4) is 0 Å². The first-order valence-corrected chi connectivity index (χ1v) is 10.6. The van der Waals surface area contributed by atoms with E-state index in [-0.39, 0.29) is 23.5 Å². The first-order chi connectivity index (χ1) is 14.1. The Morgan fingerprint density at radius 1 is 1.24 bits per heavy atom. The molecule has 29 heavy (non-hydrogen) atoms. The Bertz CT molecular complexity index is 721. The summed E-state index contributed by atoms with van der Waals surface area (Å²) < 4.78 is 0. The number of ketones is 1. The van der Waals surface area contributed by atoms with Gasteiger partial charge in [0.1, 0.15) is 0 Å². The molecule has 0 fully saturated rings. The number of aliphatic hydroxyl groups excluding tert-OH is 1. The molecule has 0 saturated heterocycles.